The number of halogens is 2. The molecule has 0 fully saturated rings. The van der Waals surface area contributed by atoms with Crippen LogP contribution in [0.3, 0.4) is 0 Å². The third-order valence-electron chi connectivity index (χ3n) is 3.67. The molecular formula is C18H16Cl2N4O2S. The lowest BCUT2D eigenvalue weighted by Gasteiger charge is -2.05. The summed E-state index contributed by atoms with van der Waals surface area (Å²) in [6, 6.07) is 10.4. The molecule has 2 aromatic carbocycles. The van der Waals surface area contributed by atoms with E-state index < -0.39 is 0 Å². The highest BCUT2D eigenvalue weighted by atomic mass is 35.5. The number of hydrogen-bond donors (Lipinski definition) is 1. The van der Waals surface area contributed by atoms with Gasteiger partial charge in [0.15, 0.2) is 17.3 Å². The first-order chi connectivity index (χ1) is 13.0. The van der Waals surface area contributed by atoms with Gasteiger partial charge in [0, 0.05) is 15.8 Å². The highest BCUT2D eigenvalue weighted by Gasteiger charge is 2.10. The van der Waals surface area contributed by atoms with Crippen molar-refractivity contribution in [3.63, 3.8) is 0 Å². The van der Waals surface area contributed by atoms with E-state index in [9.17, 15) is 5.11 Å². The fourth-order valence-corrected chi connectivity index (χ4v) is 3.74. The first-order valence-electron chi connectivity index (χ1n) is 7.88. The number of phenols is 1. The smallest absolute Gasteiger partial charge is 0.212 e. The van der Waals surface area contributed by atoms with Crippen molar-refractivity contribution in [1.82, 2.24) is 14.9 Å². The topological polar surface area (TPSA) is 72.5 Å². The minimum Gasteiger partial charge on any atom is -0.504 e. The van der Waals surface area contributed by atoms with Crippen molar-refractivity contribution in [1.29, 1.82) is 0 Å². The Kier molecular flexibility index (Phi) is 6.26. The maximum atomic E-state index is 9.87. The third-order valence-corrected chi connectivity index (χ3v) is 5.22. The molecule has 3 rings (SSSR count). The summed E-state index contributed by atoms with van der Waals surface area (Å²) in [6.07, 6.45) is 1.62. The molecule has 0 radical (unpaired) electrons. The number of aryl methyl sites for hydroxylation is 1. The van der Waals surface area contributed by atoms with Crippen LogP contribution >= 0.6 is 35.0 Å². The first-order valence-corrected chi connectivity index (χ1v) is 9.62. The molecule has 0 saturated heterocycles. The average molecular weight is 423 g/mol. The predicted octanol–water partition coefficient (Wildman–Crippen LogP) is 4.78. The summed E-state index contributed by atoms with van der Waals surface area (Å²) in [5, 5.41) is 24.4. The van der Waals surface area contributed by atoms with Crippen molar-refractivity contribution >= 4 is 41.2 Å². The lowest BCUT2D eigenvalue weighted by molar-refractivity contribution is 0.373. The summed E-state index contributed by atoms with van der Waals surface area (Å²) in [6.45, 7) is 1.81. The maximum Gasteiger partial charge on any atom is 0.212 e. The van der Waals surface area contributed by atoms with Gasteiger partial charge in [0.1, 0.15) is 0 Å². The Morgan fingerprint density at radius 1 is 1.22 bits per heavy atom. The Morgan fingerprint density at radius 2 is 2.04 bits per heavy atom. The van der Waals surface area contributed by atoms with E-state index in [1.54, 1.807) is 41.2 Å². The van der Waals surface area contributed by atoms with E-state index in [0.29, 0.717) is 32.5 Å². The Hall–Kier alpha value is -2.22. The van der Waals surface area contributed by atoms with Crippen LogP contribution in [0.2, 0.25) is 10.0 Å². The number of thioether (sulfide) groups is 1. The lowest BCUT2D eigenvalue weighted by atomic mass is 10.2. The van der Waals surface area contributed by atoms with Crippen LogP contribution in [0, 0.1) is 6.92 Å². The monoisotopic (exact) mass is 422 g/mol. The molecule has 0 bridgehead atoms. The Balaban J connectivity index is 1.77. The summed E-state index contributed by atoms with van der Waals surface area (Å²) < 4.78 is 6.67. The van der Waals surface area contributed by atoms with Crippen molar-refractivity contribution < 1.29 is 9.84 Å². The van der Waals surface area contributed by atoms with Crippen molar-refractivity contribution in [3.05, 3.63) is 63.4 Å². The van der Waals surface area contributed by atoms with Crippen LogP contribution in [-0.2, 0) is 5.75 Å². The first kappa shape index (κ1) is 19.5. The Labute approximate surface area is 170 Å². The highest BCUT2D eigenvalue weighted by molar-refractivity contribution is 7.98. The van der Waals surface area contributed by atoms with Crippen molar-refractivity contribution in [2.75, 3.05) is 7.11 Å². The highest BCUT2D eigenvalue weighted by Crippen LogP contribution is 2.28. The molecule has 6 nitrogen and oxygen atoms in total. The molecule has 0 unspecified atom stereocenters. The molecule has 27 heavy (non-hydrogen) atoms. The molecule has 0 atom stereocenters. The van der Waals surface area contributed by atoms with Gasteiger partial charge in [-0.15, -0.1) is 10.2 Å². The summed E-state index contributed by atoms with van der Waals surface area (Å²) in [4.78, 5) is 0. The molecular weight excluding hydrogens is 407 g/mol. The second kappa shape index (κ2) is 8.65. The van der Waals surface area contributed by atoms with Gasteiger partial charge in [0.05, 0.1) is 13.3 Å². The molecule has 0 aliphatic heterocycles. The SMILES string of the molecule is COc1ccc(/C=N/n2c(C)nnc2SCc2ccc(Cl)cc2Cl)cc1O. The van der Waals surface area contributed by atoms with Crippen LogP contribution in [0.15, 0.2) is 46.7 Å². The summed E-state index contributed by atoms with van der Waals surface area (Å²) in [7, 11) is 1.50. The van der Waals surface area contributed by atoms with Crippen LogP contribution in [0.25, 0.3) is 0 Å². The van der Waals surface area contributed by atoms with E-state index in [4.69, 9.17) is 27.9 Å². The zero-order valence-electron chi connectivity index (χ0n) is 14.6. The number of ether oxygens (including phenoxy) is 1. The maximum absolute atomic E-state index is 9.87. The van der Waals surface area contributed by atoms with Crippen LogP contribution in [0.4, 0.5) is 0 Å². The zero-order chi connectivity index (χ0) is 19.4. The number of nitrogens with zero attached hydrogens (tertiary/aromatic N) is 4. The lowest BCUT2D eigenvalue weighted by Crippen LogP contribution is -1.97. The van der Waals surface area contributed by atoms with E-state index >= 15 is 0 Å². The molecule has 0 aliphatic rings. The van der Waals surface area contributed by atoms with Gasteiger partial charge in [-0.25, -0.2) is 0 Å². The van der Waals surface area contributed by atoms with E-state index in [2.05, 4.69) is 15.3 Å². The number of hydrogen-bond acceptors (Lipinski definition) is 6. The molecule has 3 aromatic rings. The number of rotatable bonds is 6. The zero-order valence-corrected chi connectivity index (χ0v) is 16.9. The average Bonchev–Trinajstić information content (AvgIpc) is 2.99. The summed E-state index contributed by atoms with van der Waals surface area (Å²) in [5.41, 5.74) is 1.67. The Morgan fingerprint density at radius 3 is 2.74 bits per heavy atom. The second-order valence-electron chi connectivity index (χ2n) is 5.54. The summed E-state index contributed by atoms with van der Waals surface area (Å²) in [5.74, 6) is 1.71. The quantitative estimate of drug-likeness (QED) is 0.456. The van der Waals surface area contributed by atoms with Crippen LogP contribution in [0.1, 0.15) is 17.0 Å². The van der Waals surface area contributed by atoms with Gasteiger partial charge in [0.2, 0.25) is 5.16 Å². The fraction of sp³-hybridized carbons (Fsp3) is 0.167. The van der Waals surface area contributed by atoms with Gasteiger partial charge >= 0.3 is 0 Å². The van der Waals surface area contributed by atoms with Gasteiger partial charge in [-0.2, -0.15) is 9.78 Å². The molecule has 1 N–H and O–H groups in total. The number of aromatic nitrogens is 3. The van der Waals surface area contributed by atoms with E-state index in [-0.39, 0.29) is 5.75 Å². The van der Waals surface area contributed by atoms with Gasteiger partial charge in [-0.1, -0.05) is 41.0 Å². The van der Waals surface area contributed by atoms with E-state index in [1.807, 2.05) is 13.0 Å². The Bertz CT molecular complexity index is 991. The largest absolute Gasteiger partial charge is 0.504 e. The molecule has 0 aliphatic carbocycles. The summed E-state index contributed by atoms with van der Waals surface area (Å²) >= 11 is 13.6. The van der Waals surface area contributed by atoms with Crippen LogP contribution < -0.4 is 4.74 Å². The number of aromatic hydroxyl groups is 1. The fourth-order valence-electron chi connectivity index (χ4n) is 2.25. The third kappa shape index (κ3) is 4.74. The van der Waals surface area contributed by atoms with Gasteiger partial charge in [-0.05, 0) is 48.4 Å². The number of methoxy groups -OCH3 is 1. The van der Waals surface area contributed by atoms with Crippen LogP contribution in [0.5, 0.6) is 11.5 Å². The van der Waals surface area contributed by atoms with Crippen molar-refractivity contribution in [2.24, 2.45) is 5.10 Å². The normalized spacial score (nSPS) is 11.3. The molecule has 1 heterocycles. The van der Waals surface area contributed by atoms with E-state index in [1.165, 1.54) is 18.9 Å². The molecule has 0 spiro atoms. The van der Waals surface area contributed by atoms with Crippen molar-refractivity contribution in [2.45, 2.75) is 17.8 Å². The van der Waals surface area contributed by atoms with Gasteiger partial charge < -0.3 is 9.84 Å². The minimum absolute atomic E-state index is 0.0499. The molecule has 140 valence electrons. The van der Waals surface area contributed by atoms with E-state index in [0.717, 1.165) is 11.1 Å². The number of benzene rings is 2. The second-order valence-corrected chi connectivity index (χ2v) is 7.33. The van der Waals surface area contributed by atoms with Crippen molar-refractivity contribution in [3.8, 4) is 11.5 Å². The minimum atomic E-state index is 0.0499. The molecule has 1 aromatic heterocycles. The number of phenolic OH excluding ortho intramolecular Hbond substituents is 1. The molecule has 9 heteroatoms. The predicted molar refractivity (Wildman–Crippen MR) is 108 cm³/mol. The van der Waals surface area contributed by atoms with Crippen LogP contribution in [-0.4, -0.2) is 33.3 Å². The molecule has 0 saturated carbocycles. The molecule has 0 amide bonds. The van der Waals surface area contributed by atoms with Gasteiger partial charge in [0.25, 0.3) is 0 Å². The van der Waals surface area contributed by atoms with Gasteiger partial charge in [-0.3, -0.25) is 0 Å². The standard InChI is InChI=1S/C18H16Cl2N4O2S/c1-11-22-23-18(27-10-13-4-5-14(19)8-15(13)20)24(11)21-9-12-3-6-17(26-2)16(25)7-12/h3-9,25H,10H2,1-2H3/b21-9+.